The third-order valence-corrected chi connectivity index (χ3v) is 6.92. The summed E-state index contributed by atoms with van der Waals surface area (Å²) in [5, 5.41) is 4.65. The van der Waals surface area contributed by atoms with E-state index in [0.717, 1.165) is 23.5 Å². The van der Waals surface area contributed by atoms with Crippen molar-refractivity contribution in [1.82, 2.24) is 14.7 Å². The van der Waals surface area contributed by atoms with E-state index in [1.807, 2.05) is 11.6 Å². The molecule has 3 heteroatoms. The van der Waals surface area contributed by atoms with Crippen molar-refractivity contribution in [2.45, 2.75) is 65.0 Å². The van der Waals surface area contributed by atoms with Gasteiger partial charge in [0.1, 0.15) is 0 Å². The monoisotopic (exact) mass is 385 g/mol. The first-order chi connectivity index (χ1) is 14.1. The second-order valence-corrected chi connectivity index (χ2v) is 9.00. The summed E-state index contributed by atoms with van der Waals surface area (Å²) < 4.78 is 2.04. The van der Waals surface area contributed by atoms with Gasteiger partial charge in [-0.2, -0.15) is 5.10 Å². The lowest BCUT2D eigenvalue weighted by molar-refractivity contribution is 0.174. The number of aryl methyl sites for hydroxylation is 3. The Morgan fingerprint density at radius 2 is 1.79 bits per heavy atom. The summed E-state index contributed by atoms with van der Waals surface area (Å²) in [6, 6.07) is 19.5. The van der Waals surface area contributed by atoms with Gasteiger partial charge in [-0.1, -0.05) is 30.3 Å². The van der Waals surface area contributed by atoms with E-state index in [0.29, 0.717) is 0 Å². The van der Waals surface area contributed by atoms with Gasteiger partial charge >= 0.3 is 0 Å². The van der Waals surface area contributed by atoms with Crippen LogP contribution >= 0.6 is 0 Å². The van der Waals surface area contributed by atoms with E-state index >= 15 is 0 Å². The molecule has 0 bridgehead atoms. The Morgan fingerprint density at radius 3 is 2.55 bits per heavy atom. The van der Waals surface area contributed by atoms with Crippen molar-refractivity contribution in [2.75, 3.05) is 6.54 Å². The van der Waals surface area contributed by atoms with Crippen LogP contribution in [0.3, 0.4) is 0 Å². The minimum Gasteiger partial charge on any atom is -0.297 e. The Morgan fingerprint density at radius 1 is 0.931 bits per heavy atom. The van der Waals surface area contributed by atoms with Crippen LogP contribution in [-0.4, -0.2) is 33.3 Å². The van der Waals surface area contributed by atoms with Crippen LogP contribution in [0.15, 0.2) is 48.5 Å². The van der Waals surface area contributed by atoms with E-state index in [2.05, 4.69) is 72.4 Å². The molecule has 2 aromatic carbocycles. The van der Waals surface area contributed by atoms with Gasteiger partial charge < -0.3 is 0 Å². The normalized spacial score (nSPS) is 22.0. The summed E-state index contributed by atoms with van der Waals surface area (Å²) in [4.78, 5) is 2.76. The quantitative estimate of drug-likeness (QED) is 0.594. The average molecular weight is 386 g/mol. The molecule has 2 aliphatic rings. The molecule has 5 rings (SSSR count). The van der Waals surface area contributed by atoms with E-state index in [9.17, 15) is 0 Å². The highest BCUT2D eigenvalue weighted by molar-refractivity contribution is 5.67. The van der Waals surface area contributed by atoms with E-state index in [1.54, 1.807) is 11.1 Å². The molecule has 0 amide bonds. The fourth-order valence-electron chi connectivity index (χ4n) is 5.40. The van der Waals surface area contributed by atoms with Crippen molar-refractivity contribution in [1.29, 1.82) is 0 Å². The summed E-state index contributed by atoms with van der Waals surface area (Å²) in [6.07, 6.45) is 6.45. The van der Waals surface area contributed by atoms with Gasteiger partial charge in [-0.3, -0.25) is 4.90 Å². The molecule has 3 nitrogen and oxygen atoms in total. The number of aromatic nitrogens is 2. The Balaban J connectivity index is 1.41. The van der Waals surface area contributed by atoms with Crippen LogP contribution < -0.4 is 0 Å². The van der Waals surface area contributed by atoms with Crippen molar-refractivity contribution < 1.29 is 0 Å². The number of likely N-dealkylation sites (tertiary alicyclic amines) is 1. The summed E-state index contributed by atoms with van der Waals surface area (Å²) >= 11 is 0. The van der Waals surface area contributed by atoms with Crippen molar-refractivity contribution in [3.8, 4) is 16.8 Å². The average Bonchev–Trinajstić information content (AvgIpc) is 3.31. The zero-order valence-electron chi connectivity index (χ0n) is 17.9. The fraction of sp³-hybridized carbons (Fsp3) is 0.423. The molecule has 1 saturated heterocycles. The molecule has 0 saturated carbocycles. The molecule has 1 fully saturated rings. The highest BCUT2D eigenvalue weighted by Gasteiger charge is 2.30. The molecule has 0 radical (unpaired) electrons. The molecule has 1 aliphatic carbocycles. The van der Waals surface area contributed by atoms with Crippen LogP contribution in [-0.2, 0) is 12.8 Å². The van der Waals surface area contributed by atoms with Gasteiger partial charge in [0.15, 0.2) is 0 Å². The molecule has 2 unspecified atom stereocenters. The highest BCUT2D eigenvalue weighted by atomic mass is 15.3. The number of benzene rings is 2. The molecule has 2 atom stereocenters. The molecule has 1 aliphatic heterocycles. The van der Waals surface area contributed by atoms with Crippen LogP contribution in [0.1, 0.15) is 48.7 Å². The van der Waals surface area contributed by atoms with E-state index in [4.69, 9.17) is 0 Å². The third kappa shape index (κ3) is 3.53. The maximum atomic E-state index is 4.65. The lowest BCUT2D eigenvalue weighted by atomic mass is 9.85. The van der Waals surface area contributed by atoms with E-state index in [-0.39, 0.29) is 0 Å². The molecule has 0 spiro atoms. The molecule has 0 N–H and O–H groups in total. The van der Waals surface area contributed by atoms with Crippen LogP contribution in [0.4, 0.5) is 0 Å². The zero-order valence-corrected chi connectivity index (χ0v) is 17.9. The molecule has 3 aromatic rings. The molecule has 1 aromatic heterocycles. The largest absolute Gasteiger partial charge is 0.297 e. The second kappa shape index (κ2) is 7.46. The van der Waals surface area contributed by atoms with Crippen LogP contribution in [0.2, 0.25) is 0 Å². The van der Waals surface area contributed by atoms with Gasteiger partial charge in [0, 0.05) is 17.8 Å². The maximum Gasteiger partial charge on any atom is 0.0654 e. The lowest BCUT2D eigenvalue weighted by Gasteiger charge is -2.35. The fourth-order valence-corrected chi connectivity index (χ4v) is 5.40. The van der Waals surface area contributed by atoms with Crippen LogP contribution in [0.5, 0.6) is 0 Å². The van der Waals surface area contributed by atoms with Gasteiger partial charge in [0.05, 0.1) is 11.4 Å². The van der Waals surface area contributed by atoms with Crippen molar-refractivity contribution >= 4 is 0 Å². The number of hydrogen-bond acceptors (Lipinski definition) is 2. The topological polar surface area (TPSA) is 21.1 Å². The Labute approximate surface area is 174 Å². The predicted octanol–water partition coefficient (Wildman–Crippen LogP) is 5.50. The lowest BCUT2D eigenvalue weighted by Crippen LogP contribution is -2.41. The summed E-state index contributed by atoms with van der Waals surface area (Å²) in [7, 11) is 0. The zero-order chi connectivity index (χ0) is 20.0. The highest BCUT2D eigenvalue weighted by Crippen LogP contribution is 2.32. The number of rotatable bonds is 3. The van der Waals surface area contributed by atoms with Crippen molar-refractivity contribution in [2.24, 2.45) is 0 Å². The molecular weight excluding hydrogens is 354 g/mol. The standard InChI is InChI=1S/C26H31N3/c1-18-14-20(3)29(27-18)26-8-4-7-21(17-26)22-9-10-24-16-25(12-11-23(24)15-22)28-13-5-6-19(28)2/h4,7-10,14-15,17,19,25H,5-6,11-13,16H2,1-3H3. The molecule has 29 heavy (non-hydrogen) atoms. The summed E-state index contributed by atoms with van der Waals surface area (Å²) in [5.41, 5.74) is 9.05. The van der Waals surface area contributed by atoms with Crippen LogP contribution in [0, 0.1) is 13.8 Å². The minimum absolute atomic E-state index is 0.736. The Bertz CT molecular complexity index is 1030. The predicted molar refractivity (Wildman–Crippen MR) is 120 cm³/mol. The second-order valence-electron chi connectivity index (χ2n) is 9.00. The van der Waals surface area contributed by atoms with Crippen molar-refractivity contribution in [3.05, 3.63) is 71.0 Å². The van der Waals surface area contributed by atoms with Crippen molar-refractivity contribution in [3.63, 3.8) is 0 Å². The van der Waals surface area contributed by atoms with Gasteiger partial charge in [0.2, 0.25) is 0 Å². The molecular formula is C26H31N3. The first kappa shape index (κ1) is 18.6. The number of nitrogens with zero attached hydrogens (tertiary/aromatic N) is 3. The first-order valence-electron chi connectivity index (χ1n) is 11.1. The Hall–Kier alpha value is -2.39. The van der Waals surface area contributed by atoms with Gasteiger partial charge in [-0.05, 0) is 99.9 Å². The van der Waals surface area contributed by atoms with Crippen LogP contribution in [0.25, 0.3) is 16.8 Å². The van der Waals surface area contributed by atoms with Gasteiger partial charge in [-0.15, -0.1) is 0 Å². The third-order valence-electron chi connectivity index (χ3n) is 6.92. The van der Waals surface area contributed by atoms with E-state index < -0.39 is 0 Å². The maximum absolute atomic E-state index is 4.65. The van der Waals surface area contributed by atoms with Gasteiger partial charge in [0.25, 0.3) is 0 Å². The van der Waals surface area contributed by atoms with E-state index in [1.165, 1.54) is 55.5 Å². The SMILES string of the molecule is Cc1cc(C)n(-c2cccc(-c3ccc4c(c3)CCC(N3CCCC3C)C4)c2)n1. The molecule has 2 heterocycles. The van der Waals surface area contributed by atoms with Gasteiger partial charge in [-0.25, -0.2) is 4.68 Å². The summed E-state index contributed by atoms with van der Waals surface area (Å²) in [5.74, 6) is 0. The Kier molecular flexibility index (Phi) is 4.79. The number of fused-ring (bicyclic) bond motifs is 1. The number of hydrogen-bond donors (Lipinski definition) is 0. The minimum atomic E-state index is 0.736. The molecule has 150 valence electrons. The smallest absolute Gasteiger partial charge is 0.0654 e. The first-order valence-corrected chi connectivity index (χ1v) is 11.1. The summed E-state index contributed by atoms with van der Waals surface area (Å²) in [6.45, 7) is 7.86.